The van der Waals surface area contributed by atoms with Crippen molar-refractivity contribution in [3.05, 3.63) is 77.9 Å². The molecule has 3 aromatic carbocycles. The molecule has 2 amide bonds. The molecule has 0 bridgehead atoms. The van der Waals surface area contributed by atoms with Gasteiger partial charge in [0.1, 0.15) is 5.75 Å². The Kier molecular flexibility index (Phi) is 7.80. The quantitative estimate of drug-likeness (QED) is 0.462. The fourth-order valence-corrected chi connectivity index (χ4v) is 2.92. The maximum Gasteiger partial charge on any atom is 0.387 e. The van der Waals surface area contributed by atoms with Gasteiger partial charge in [-0.2, -0.15) is 8.78 Å². The Balaban J connectivity index is 1.64. The number of amides is 2. The molecule has 0 aromatic heterocycles. The van der Waals surface area contributed by atoms with Crippen LogP contribution in [0.25, 0.3) is 0 Å². The summed E-state index contributed by atoms with van der Waals surface area (Å²) in [5, 5.41) is 5.42. The fourth-order valence-electron chi connectivity index (χ4n) is 2.92. The summed E-state index contributed by atoms with van der Waals surface area (Å²) in [5.41, 5.74) is 1.52. The minimum absolute atomic E-state index is 0.0785. The molecule has 33 heavy (non-hydrogen) atoms. The van der Waals surface area contributed by atoms with Gasteiger partial charge in [-0.05, 0) is 73.7 Å². The zero-order chi connectivity index (χ0) is 23.8. The summed E-state index contributed by atoms with van der Waals surface area (Å²) >= 11 is 0. The fraction of sp³-hybridized carbons (Fsp3) is 0.167. The van der Waals surface area contributed by atoms with Gasteiger partial charge in [0.25, 0.3) is 11.8 Å². The molecule has 0 aliphatic heterocycles. The molecule has 0 saturated carbocycles. The standard InChI is InChI=1S/C24H22F2N2O5/c1-3-32-19-11-9-18(10-12-19)27-22(29)15-4-7-17(8-5-15)28-23(30)16-6-13-20(31-2)21(14-16)33-24(25)26/h4-14,24H,3H2,1-2H3,(H,27,29)(H,28,30). The minimum Gasteiger partial charge on any atom is -0.494 e. The summed E-state index contributed by atoms with van der Waals surface area (Å²) in [5.74, 6) is -0.319. The predicted molar refractivity (Wildman–Crippen MR) is 120 cm³/mol. The third-order valence-corrected chi connectivity index (χ3v) is 4.47. The van der Waals surface area contributed by atoms with Crippen molar-refractivity contribution in [2.45, 2.75) is 13.5 Å². The van der Waals surface area contributed by atoms with Crippen LogP contribution in [-0.2, 0) is 0 Å². The first kappa shape index (κ1) is 23.5. The molecular weight excluding hydrogens is 434 g/mol. The van der Waals surface area contributed by atoms with E-state index in [2.05, 4.69) is 15.4 Å². The Bertz CT molecular complexity index is 1100. The molecule has 3 rings (SSSR count). The number of ether oxygens (including phenoxy) is 3. The molecule has 0 radical (unpaired) electrons. The van der Waals surface area contributed by atoms with Crippen molar-refractivity contribution in [1.29, 1.82) is 0 Å². The highest BCUT2D eigenvalue weighted by Crippen LogP contribution is 2.30. The number of benzene rings is 3. The third-order valence-electron chi connectivity index (χ3n) is 4.47. The summed E-state index contributed by atoms with van der Waals surface area (Å²) in [6.07, 6.45) is 0. The number of anilines is 2. The number of rotatable bonds is 9. The molecule has 172 valence electrons. The summed E-state index contributed by atoms with van der Waals surface area (Å²) in [4.78, 5) is 25.0. The van der Waals surface area contributed by atoms with Gasteiger partial charge in [-0.15, -0.1) is 0 Å². The lowest BCUT2D eigenvalue weighted by Gasteiger charge is -2.12. The van der Waals surface area contributed by atoms with E-state index in [-0.39, 0.29) is 23.0 Å². The smallest absolute Gasteiger partial charge is 0.387 e. The summed E-state index contributed by atoms with van der Waals surface area (Å²) in [6, 6.07) is 17.2. The largest absolute Gasteiger partial charge is 0.494 e. The molecule has 0 fully saturated rings. The van der Waals surface area contributed by atoms with Crippen molar-refractivity contribution in [2.24, 2.45) is 0 Å². The summed E-state index contributed by atoms with van der Waals surface area (Å²) < 4.78 is 39.9. The van der Waals surface area contributed by atoms with Crippen molar-refractivity contribution in [3.8, 4) is 17.2 Å². The highest BCUT2D eigenvalue weighted by molar-refractivity contribution is 6.06. The van der Waals surface area contributed by atoms with E-state index in [1.54, 1.807) is 48.5 Å². The Hall–Kier alpha value is -4.14. The number of nitrogens with one attached hydrogen (secondary N) is 2. The van der Waals surface area contributed by atoms with Crippen LogP contribution < -0.4 is 24.8 Å². The van der Waals surface area contributed by atoms with Crippen LogP contribution in [0, 0.1) is 0 Å². The number of alkyl halides is 2. The number of carbonyl (C=O) groups excluding carboxylic acids is 2. The van der Waals surface area contributed by atoms with E-state index in [1.165, 1.54) is 25.3 Å². The van der Waals surface area contributed by atoms with E-state index in [0.29, 0.717) is 29.3 Å². The van der Waals surface area contributed by atoms with Crippen LogP contribution >= 0.6 is 0 Å². The first-order valence-electron chi connectivity index (χ1n) is 9.98. The second-order valence-corrected chi connectivity index (χ2v) is 6.69. The Morgan fingerprint density at radius 2 is 1.36 bits per heavy atom. The average molecular weight is 456 g/mol. The normalized spacial score (nSPS) is 10.5. The van der Waals surface area contributed by atoms with E-state index in [4.69, 9.17) is 9.47 Å². The lowest BCUT2D eigenvalue weighted by atomic mass is 10.1. The maximum atomic E-state index is 12.6. The van der Waals surface area contributed by atoms with Crippen molar-refractivity contribution < 1.29 is 32.6 Å². The van der Waals surface area contributed by atoms with Crippen molar-refractivity contribution in [1.82, 2.24) is 0 Å². The molecule has 0 heterocycles. The highest BCUT2D eigenvalue weighted by Gasteiger charge is 2.15. The van der Waals surface area contributed by atoms with Gasteiger partial charge in [0.2, 0.25) is 0 Å². The molecule has 7 nitrogen and oxygen atoms in total. The van der Waals surface area contributed by atoms with Gasteiger partial charge in [0, 0.05) is 22.5 Å². The van der Waals surface area contributed by atoms with Crippen LogP contribution in [0.15, 0.2) is 66.7 Å². The van der Waals surface area contributed by atoms with Gasteiger partial charge in [-0.25, -0.2) is 0 Å². The molecule has 2 N–H and O–H groups in total. The van der Waals surface area contributed by atoms with E-state index in [1.807, 2.05) is 6.92 Å². The highest BCUT2D eigenvalue weighted by atomic mass is 19.3. The van der Waals surface area contributed by atoms with E-state index in [9.17, 15) is 18.4 Å². The van der Waals surface area contributed by atoms with Crippen molar-refractivity contribution >= 4 is 23.2 Å². The van der Waals surface area contributed by atoms with Crippen LogP contribution in [0.3, 0.4) is 0 Å². The van der Waals surface area contributed by atoms with Crippen LogP contribution in [0.2, 0.25) is 0 Å². The SMILES string of the molecule is CCOc1ccc(NC(=O)c2ccc(NC(=O)c3ccc(OC)c(OC(F)F)c3)cc2)cc1. The second kappa shape index (κ2) is 10.9. The first-order valence-corrected chi connectivity index (χ1v) is 9.98. The number of hydrogen-bond donors (Lipinski definition) is 2. The molecule has 3 aromatic rings. The molecule has 0 atom stereocenters. The van der Waals surface area contributed by atoms with Crippen LogP contribution in [0.4, 0.5) is 20.2 Å². The minimum atomic E-state index is -3.06. The first-order chi connectivity index (χ1) is 15.9. The average Bonchev–Trinajstić information content (AvgIpc) is 2.80. The van der Waals surface area contributed by atoms with Gasteiger partial charge in [0.05, 0.1) is 13.7 Å². The molecule has 0 aliphatic rings. The Morgan fingerprint density at radius 3 is 1.91 bits per heavy atom. The van der Waals surface area contributed by atoms with Crippen LogP contribution in [0.5, 0.6) is 17.2 Å². The zero-order valence-electron chi connectivity index (χ0n) is 17.9. The second-order valence-electron chi connectivity index (χ2n) is 6.69. The van der Waals surface area contributed by atoms with E-state index < -0.39 is 12.5 Å². The van der Waals surface area contributed by atoms with Crippen LogP contribution in [0.1, 0.15) is 27.6 Å². The lowest BCUT2D eigenvalue weighted by molar-refractivity contribution is -0.0512. The van der Waals surface area contributed by atoms with Crippen LogP contribution in [-0.4, -0.2) is 32.1 Å². The maximum absolute atomic E-state index is 12.6. The van der Waals surface area contributed by atoms with E-state index >= 15 is 0 Å². The lowest BCUT2D eigenvalue weighted by Crippen LogP contribution is -2.14. The number of halogens is 2. The third kappa shape index (κ3) is 6.42. The molecule has 0 saturated heterocycles. The molecular formula is C24H22F2N2O5. The summed E-state index contributed by atoms with van der Waals surface area (Å²) in [7, 11) is 1.31. The van der Waals surface area contributed by atoms with E-state index in [0.717, 1.165) is 0 Å². The van der Waals surface area contributed by atoms with Crippen molar-refractivity contribution in [2.75, 3.05) is 24.4 Å². The topological polar surface area (TPSA) is 85.9 Å². The molecule has 0 unspecified atom stereocenters. The number of methoxy groups -OCH3 is 1. The van der Waals surface area contributed by atoms with Gasteiger partial charge < -0.3 is 24.8 Å². The molecule has 0 aliphatic carbocycles. The number of carbonyl (C=O) groups is 2. The van der Waals surface area contributed by atoms with Gasteiger partial charge in [-0.3, -0.25) is 9.59 Å². The monoisotopic (exact) mass is 456 g/mol. The predicted octanol–water partition coefficient (Wildman–Crippen LogP) is 5.20. The zero-order valence-corrected chi connectivity index (χ0v) is 17.9. The van der Waals surface area contributed by atoms with Gasteiger partial charge >= 0.3 is 6.61 Å². The summed E-state index contributed by atoms with van der Waals surface area (Å²) in [6.45, 7) is -0.617. The Morgan fingerprint density at radius 1 is 0.818 bits per heavy atom. The number of hydrogen-bond acceptors (Lipinski definition) is 5. The molecule has 0 spiro atoms. The van der Waals surface area contributed by atoms with Gasteiger partial charge in [0.15, 0.2) is 11.5 Å². The van der Waals surface area contributed by atoms with Crippen molar-refractivity contribution in [3.63, 3.8) is 0 Å². The Labute approximate surface area is 189 Å². The van der Waals surface area contributed by atoms with Gasteiger partial charge in [-0.1, -0.05) is 0 Å². The molecule has 9 heteroatoms.